The van der Waals surface area contributed by atoms with Crippen molar-refractivity contribution >= 4 is 0 Å². The minimum atomic E-state index is -0.219. The smallest absolute Gasteiger partial charge is 0.135 e. The normalized spacial score (nSPS) is 31.7. The fraction of sp³-hybridized carbons (Fsp3) is 0.667. The van der Waals surface area contributed by atoms with Gasteiger partial charge in [-0.1, -0.05) is 6.92 Å². The Bertz CT molecular complexity index is 293. The number of rotatable bonds is 3. The van der Waals surface area contributed by atoms with Crippen LogP contribution in [0.4, 0.5) is 0 Å². The van der Waals surface area contributed by atoms with E-state index in [1.807, 2.05) is 19.1 Å². The van der Waals surface area contributed by atoms with E-state index in [9.17, 15) is 0 Å². The van der Waals surface area contributed by atoms with Crippen LogP contribution in [0, 0.1) is 5.92 Å². The van der Waals surface area contributed by atoms with Gasteiger partial charge in [0.1, 0.15) is 11.4 Å². The molecule has 1 aliphatic heterocycles. The standard InChI is InChI=1S/C12H19NO2/c1-3-15-12(11-5-4-8-14-11)6-7-13-9-10(12)2/h4-5,8,10,13H,3,6-7,9H2,1-2H3/t10-,12+/m1/s1. The van der Waals surface area contributed by atoms with Crippen molar-refractivity contribution < 1.29 is 9.15 Å². The average molecular weight is 209 g/mol. The maximum absolute atomic E-state index is 5.99. The van der Waals surface area contributed by atoms with Gasteiger partial charge in [0.25, 0.3) is 0 Å². The number of ether oxygens (including phenoxy) is 1. The molecule has 0 aromatic carbocycles. The molecule has 2 atom stereocenters. The molecule has 1 aromatic heterocycles. The van der Waals surface area contributed by atoms with Gasteiger partial charge < -0.3 is 14.5 Å². The molecule has 3 heteroatoms. The van der Waals surface area contributed by atoms with Crippen molar-refractivity contribution in [2.45, 2.75) is 25.9 Å². The first-order chi connectivity index (χ1) is 7.29. The largest absolute Gasteiger partial charge is 0.466 e. The van der Waals surface area contributed by atoms with Crippen molar-refractivity contribution in [1.29, 1.82) is 0 Å². The van der Waals surface area contributed by atoms with E-state index in [2.05, 4.69) is 12.2 Å². The summed E-state index contributed by atoms with van der Waals surface area (Å²) in [6.07, 6.45) is 2.71. The number of hydrogen-bond donors (Lipinski definition) is 1. The first kappa shape index (κ1) is 10.7. The maximum atomic E-state index is 5.99. The van der Waals surface area contributed by atoms with E-state index < -0.39 is 0 Å². The maximum Gasteiger partial charge on any atom is 0.135 e. The highest BCUT2D eigenvalue weighted by molar-refractivity contribution is 5.13. The van der Waals surface area contributed by atoms with Crippen molar-refractivity contribution in [3.8, 4) is 0 Å². The molecule has 0 spiro atoms. The molecule has 0 aliphatic carbocycles. The molecule has 3 nitrogen and oxygen atoms in total. The summed E-state index contributed by atoms with van der Waals surface area (Å²) in [6, 6.07) is 3.96. The topological polar surface area (TPSA) is 34.4 Å². The zero-order valence-corrected chi connectivity index (χ0v) is 9.45. The van der Waals surface area contributed by atoms with Gasteiger partial charge in [0.2, 0.25) is 0 Å². The Hall–Kier alpha value is -0.800. The third-order valence-electron chi connectivity index (χ3n) is 3.26. The third kappa shape index (κ3) is 1.82. The monoisotopic (exact) mass is 209 g/mol. The van der Waals surface area contributed by atoms with Gasteiger partial charge in [-0.15, -0.1) is 0 Å². The average Bonchev–Trinajstić information content (AvgIpc) is 2.75. The van der Waals surface area contributed by atoms with Crippen LogP contribution in [-0.2, 0) is 10.3 Å². The molecule has 1 saturated heterocycles. The summed E-state index contributed by atoms with van der Waals surface area (Å²) in [7, 11) is 0. The highest BCUT2D eigenvalue weighted by Crippen LogP contribution is 2.38. The predicted octanol–water partition coefficient (Wildman–Crippen LogP) is 2.14. The predicted molar refractivity (Wildman–Crippen MR) is 58.7 cm³/mol. The molecule has 0 bridgehead atoms. The summed E-state index contributed by atoms with van der Waals surface area (Å²) in [5, 5.41) is 3.39. The Morgan fingerprint density at radius 2 is 2.53 bits per heavy atom. The van der Waals surface area contributed by atoms with E-state index in [0.717, 1.165) is 31.9 Å². The molecular weight excluding hydrogens is 190 g/mol. The van der Waals surface area contributed by atoms with Crippen molar-refractivity contribution in [1.82, 2.24) is 5.32 Å². The summed E-state index contributed by atoms with van der Waals surface area (Å²) < 4.78 is 11.5. The SMILES string of the molecule is CCO[C@@]1(c2ccco2)CCNC[C@H]1C. The molecule has 84 valence electrons. The Labute approximate surface area is 90.8 Å². The molecule has 1 aromatic rings. The van der Waals surface area contributed by atoms with Crippen LogP contribution in [0.1, 0.15) is 26.0 Å². The molecule has 0 unspecified atom stereocenters. The van der Waals surface area contributed by atoms with Crippen LogP contribution >= 0.6 is 0 Å². The number of furan rings is 1. The van der Waals surface area contributed by atoms with Crippen molar-refractivity contribution in [2.75, 3.05) is 19.7 Å². The Balaban J connectivity index is 2.30. The molecule has 1 fully saturated rings. The van der Waals surface area contributed by atoms with Crippen LogP contribution in [0.25, 0.3) is 0 Å². The van der Waals surface area contributed by atoms with Gasteiger partial charge in [0.05, 0.1) is 6.26 Å². The molecule has 1 N–H and O–H groups in total. The van der Waals surface area contributed by atoms with Gasteiger partial charge in [-0.3, -0.25) is 0 Å². The molecular formula is C12H19NO2. The van der Waals surface area contributed by atoms with Crippen molar-refractivity contribution in [3.63, 3.8) is 0 Å². The minimum absolute atomic E-state index is 0.219. The van der Waals surface area contributed by atoms with E-state index >= 15 is 0 Å². The highest BCUT2D eigenvalue weighted by atomic mass is 16.5. The summed E-state index contributed by atoms with van der Waals surface area (Å²) in [4.78, 5) is 0. The van der Waals surface area contributed by atoms with Crippen molar-refractivity contribution in [3.05, 3.63) is 24.2 Å². The minimum Gasteiger partial charge on any atom is -0.466 e. The molecule has 2 heterocycles. The zero-order valence-electron chi connectivity index (χ0n) is 9.45. The van der Waals surface area contributed by atoms with Crippen LogP contribution in [0.15, 0.2) is 22.8 Å². The van der Waals surface area contributed by atoms with Gasteiger partial charge in [0, 0.05) is 19.1 Å². The lowest BCUT2D eigenvalue weighted by Gasteiger charge is -2.41. The third-order valence-corrected chi connectivity index (χ3v) is 3.26. The number of piperidine rings is 1. The van der Waals surface area contributed by atoms with Gasteiger partial charge >= 0.3 is 0 Å². The molecule has 2 rings (SSSR count). The van der Waals surface area contributed by atoms with E-state index in [1.165, 1.54) is 0 Å². The molecule has 0 saturated carbocycles. The molecule has 15 heavy (non-hydrogen) atoms. The van der Waals surface area contributed by atoms with Crippen molar-refractivity contribution in [2.24, 2.45) is 5.92 Å². The van der Waals surface area contributed by atoms with Crippen LogP contribution < -0.4 is 5.32 Å². The number of hydrogen-bond acceptors (Lipinski definition) is 3. The Kier molecular flexibility index (Phi) is 3.12. The second kappa shape index (κ2) is 4.37. The van der Waals surface area contributed by atoms with Crippen LogP contribution in [0.5, 0.6) is 0 Å². The molecule has 0 amide bonds. The lowest BCUT2D eigenvalue weighted by molar-refractivity contribution is -0.113. The molecule has 1 aliphatic rings. The first-order valence-electron chi connectivity index (χ1n) is 5.68. The lowest BCUT2D eigenvalue weighted by atomic mass is 9.80. The van der Waals surface area contributed by atoms with Gasteiger partial charge in [-0.05, 0) is 32.0 Å². The summed E-state index contributed by atoms with van der Waals surface area (Å²) in [5.41, 5.74) is -0.219. The summed E-state index contributed by atoms with van der Waals surface area (Å²) >= 11 is 0. The van der Waals surface area contributed by atoms with Gasteiger partial charge in [-0.25, -0.2) is 0 Å². The summed E-state index contributed by atoms with van der Waals surface area (Å²) in [6.45, 7) is 6.96. The van der Waals surface area contributed by atoms with E-state index in [0.29, 0.717) is 5.92 Å². The summed E-state index contributed by atoms with van der Waals surface area (Å²) in [5.74, 6) is 1.41. The quantitative estimate of drug-likeness (QED) is 0.828. The first-order valence-corrected chi connectivity index (χ1v) is 5.68. The molecule has 0 radical (unpaired) electrons. The Morgan fingerprint density at radius 3 is 3.13 bits per heavy atom. The number of nitrogens with one attached hydrogen (secondary N) is 1. The van der Waals surface area contributed by atoms with Gasteiger partial charge in [-0.2, -0.15) is 0 Å². The lowest BCUT2D eigenvalue weighted by Crippen LogP contribution is -2.48. The van der Waals surface area contributed by atoms with E-state index in [4.69, 9.17) is 9.15 Å². The van der Waals surface area contributed by atoms with Crippen LogP contribution in [0.2, 0.25) is 0 Å². The zero-order chi connectivity index (χ0) is 10.7. The van der Waals surface area contributed by atoms with Crippen LogP contribution in [-0.4, -0.2) is 19.7 Å². The highest BCUT2D eigenvalue weighted by Gasteiger charge is 2.42. The van der Waals surface area contributed by atoms with Crippen LogP contribution in [0.3, 0.4) is 0 Å². The second-order valence-corrected chi connectivity index (χ2v) is 4.15. The van der Waals surface area contributed by atoms with E-state index in [-0.39, 0.29) is 5.60 Å². The Morgan fingerprint density at radius 1 is 1.67 bits per heavy atom. The fourth-order valence-corrected chi connectivity index (χ4v) is 2.43. The van der Waals surface area contributed by atoms with E-state index in [1.54, 1.807) is 6.26 Å². The van der Waals surface area contributed by atoms with Gasteiger partial charge in [0.15, 0.2) is 0 Å². The second-order valence-electron chi connectivity index (χ2n) is 4.15. The fourth-order valence-electron chi connectivity index (χ4n) is 2.43.